The topological polar surface area (TPSA) is 43.8 Å². The Hall–Kier alpha value is -2.26. The summed E-state index contributed by atoms with van der Waals surface area (Å²) in [7, 11) is 0. The van der Waals surface area contributed by atoms with E-state index in [0.717, 1.165) is 22.5 Å². The van der Waals surface area contributed by atoms with Gasteiger partial charge in [0.05, 0.1) is 22.6 Å². The van der Waals surface area contributed by atoms with E-state index in [1.54, 1.807) is 10.9 Å². The first-order valence-electron chi connectivity index (χ1n) is 6.33. The molecule has 0 saturated heterocycles. The predicted molar refractivity (Wildman–Crippen MR) is 83.2 cm³/mol. The highest BCUT2D eigenvalue weighted by Gasteiger charge is 2.12. The molecule has 2 aromatic carbocycles. The number of rotatable bonds is 2. The van der Waals surface area contributed by atoms with E-state index in [1.807, 2.05) is 55.5 Å². The van der Waals surface area contributed by atoms with E-state index >= 15 is 0 Å². The minimum absolute atomic E-state index is 0.638. The highest BCUT2D eigenvalue weighted by atomic mass is 35.5. The van der Waals surface area contributed by atoms with E-state index < -0.39 is 0 Å². The molecule has 3 aromatic rings. The van der Waals surface area contributed by atoms with E-state index in [0.29, 0.717) is 10.7 Å². The van der Waals surface area contributed by atoms with Gasteiger partial charge in [-0.2, -0.15) is 5.10 Å². The van der Waals surface area contributed by atoms with Crippen LogP contribution in [0.15, 0.2) is 54.7 Å². The molecule has 0 unspecified atom stereocenters. The van der Waals surface area contributed by atoms with Crippen LogP contribution in [0.1, 0.15) is 5.56 Å². The fourth-order valence-corrected chi connectivity index (χ4v) is 2.42. The maximum absolute atomic E-state index is 6.20. The molecule has 3 rings (SSSR count). The van der Waals surface area contributed by atoms with Gasteiger partial charge in [0.25, 0.3) is 0 Å². The van der Waals surface area contributed by atoms with E-state index in [2.05, 4.69) is 5.10 Å². The normalized spacial score (nSPS) is 10.7. The zero-order valence-corrected chi connectivity index (χ0v) is 11.8. The highest BCUT2D eigenvalue weighted by molar-refractivity contribution is 6.32. The first-order valence-corrected chi connectivity index (χ1v) is 6.70. The van der Waals surface area contributed by atoms with Crippen LogP contribution in [0.25, 0.3) is 16.9 Å². The molecule has 0 amide bonds. The van der Waals surface area contributed by atoms with Crippen molar-refractivity contribution in [2.75, 3.05) is 5.73 Å². The zero-order chi connectivity index (χ0) is 14.1. The molecule has 3 nitrogen and oxygen atoms in total. The second kappa shape index (κ2) is 5.02. The van der Waals surface area contributed by atoms with Crippen molar-refractivity contribution >= 4 is 17.3 Å². The number of nitrogens with two attached hydrogens (primary N) is 1. The third-order valence-corrected chi connectivity index (χ3v) is 3.56. The zero-order valence-electron chi connectivity index (χ0n) is 11.0. The summed E-state index contributed by atoms with van der Waals surface area (Å²) < 4.78 is 1.72. The van der Waals surface area contributed by atoms with Gasteiger partial charge in [0.1, 0.15) is 5.69 Å². The monoisotopic (exact) mass is 283 g/mol. The smallest absolute Gasteiger partial charge is 0.116 e. The second-order valence-electron chi connectivity index (χ2n) is 4.64. The van der Waals surface area contributed by atoms with Gasteiger partial charge in [0.2, 0.25) is 0 Å². The minimum Gasteiger partial charge on any atom is -0.396 e. The number of hydrogen-bond donors (Lipinski definition) is 1. The third kappa shape index (κ3) is 2.17. The van der Waals surface area contributed by atoms with Crippen LogP contribution in [0.5, 0.6) is 0 Å². The Labute approximate surface area is 122 Å². The van der Waals surface area contributed by atoms with Crippen molar-refractivity contribution < 1.29 is 0 Å². The number of hydrogen-bond acceptors (Lipinski definition) is 2. The van der Waals surface area contributed by atoms with Crippen molar-refractivity contribution in [1.29, 1.82) is 0 Å². The molecule has 2 N–H and O–H groups in total. The number of nitrogens with zero attached hydrogens (tertiary/aromatic N) is 2. The summed E-state index contributed by atoms with van der Waals surface area (Å²) in [6, 6.07) is 15.6. The van der Waals surface area contributed by atoms with Crippen molar-refractivity contribution in [1.82, 2.24) is 9.78 Å². The summed E-state index contributed by atoms with van der Waals surface area (Å²) in [6.45, 7) is 2.04. The van der Waals surface area contributed by atoms with Crippen LogP contribution < -0.4 is 5.73 Å². The minimum atomic E-state index is 0.638. The van der Waals surface area contributed by atoms with Crippen LogP contribution >= 0.6 is 11.6 Å². The SMILES string of the molecule is Cc1ccccc1-c1nn(-c2ccccc2Cl)cc1N. The van der Waals surface area contributed by atoms with Crippen molar-refractivity contribution in [2.24, 2.45) is 0 Å². The van der Waals surface area contributed by atoms with E-state index in [1.165, 1.54) is 0 Å². The molecule has 0 bridgehead atoms. The number of benzene rings is 2. The molecular formula is C16H14ClN3. The lowest BCUT2D eigenvalue weighted by molar-refractivity contribution is 0.884. The molecular weight excluding hydrogens is 270 g/mol. The van der Waals surface area contributed by atoms with Crippen LogP contribution in [0.2, 0.25) is 5.02 Å². The largest absolute Gasteiger partial charge is 0.396 e. The van der Waals surface area contributed by atoms with Gasteiger partial charge in [-0.05, 0) is 24.6 Å². The molecule has 0 aliphatic carbocycles. The third-order valence-electron chi connectivity index (χ3n) is 3.24. The number of aromatic nitrogens is 2. The quantitative estimate of drug-likeness (QED) is 0.770. The molecule has 0 aliphatic heterocycles. The Morgan fingerprint density at radius 2 is 1.75 bits per heavy atom. The van der Waals surface area contributed by atoms with Crippen LogP contribution in [0.4, 0.5) is 5.69 Å². The molecule has 0 spiro atoms. The standard InChI is InChI=1S/C16H14ClN3/c1-11-6-2-3-7-12(11)16-14(18)10-20(19-16)15-9-5-4-8-13(15)17/h2-10H,18H2,1H3. The summed E-state index contributed by atoms with van der Waals surface area (Å²) >= 11 is 6.20. The molecule has 0 saturated carbocycles. The molecule has 4 heteroatoms. The first-order chi connectivity index (χ1) is 9.66. The van der Waals surface area contributed by atoms with Gasteiger partial charge in [-0.1, -0.05) is 48.0 Å². The Morgan fingerprint density at radius 1 is 1.05 bits per heavy atom. The lowest BCUT2D eigenvalue weighted by atomic mass is 10.1. The number of aryl methyl sites for hydroxylation is 1. The lowest BCUT2D eigenvalue weighted by Gasteiger charge is -2.04. The van der Waals surface area contributed by atoms with Crippen LogP contribution in [-0.2, 0) is 0 Å². The van der Waals surface area contributed by atoms with Gasteiger partial charge >= 0.3 is 0 Å². The summed E-state index contributed by atoms with van der Waals surface area (Å²) in [5.41, 5.74) is 10.5. The number of anilines is 1. The molecule has 0 aliphatic rings. The van der Waals surface area contributed by atoms with Crippen LogP contribution in [0.3, 0.4) is 0 Å². The summed E-state index contributed by atoms with van der Waals surface area (Å²) in [5, 5.41) is 5.22. The Kier molecular flexibility index (Phi) is 3.20. The van der Waals surface area contributed by atoms with Gasteiger partial charge in [-0.25, -0.2) is 4.68 Å². The van der Waals surface area contributed by atoms with Crippen molar-refractivity contribution in [3.05, 3.63) is 65.3 Å². The Balaban J connectivity index is 2.13. The highest BCUT2D eigenvalue weighted by Crippen LogP contribution is 2.29. The van der Waals surface area contributed by atoms with E-state index in [4.69, 9.17) is 17.3 Å². The Morgan fingerprint density at radius 3 is 2.50 bits per heavy atom. The lowest BCUT2D eigenvalue weighted by Crippen LogP contribution is -1.96. The van der Waals surface area contributed by atoms with E-state index in [-0.39, 0.29) is 0 Å². The number of para-hydroxylation sites is 1. The van der Waals surface area contributed by atoms with Crippen LogP contribution in [-0.4, -0.2) is 9.78 Å². The van der Waals surface area contributed by atoms with E-state index in [9.17, 15) is 0 Å². The maximum atomic E-state index is 6.20. The summed E-state index contributed by atoms with van der Waals surface area (Å²) in [4.78, 5) is 0. The molecule has 1 heterocycles. The predicted octanol–water partition coefficient (Wildman–Crippen LogP) is 4.08. The fourth-order valence-electron chi connectivity index (χ4n) is 2.20. The van der Waals surface area contributed by atoms with Gasteiger partial charge in [0.15, 0.2) is 0 Å². The molecule has 0 fully saturated rings. The molecule has 0 radical (unpaired) electrons. The number of halogens is 1. The van der Waals surface area contributed by atoms with Gasteiger partial charge in [0, 0.05) is 5.56 Å². The van der Waals surface area contributed by atoms with Crippen molar-refractivity contribution in [2.45, 2.75) is 6.92 Å². The van der Waals surface area contributed by atoms with Gasteiger partial charge < -0.3 is 5.73 Å². The van der Waals surface area contributed by atoms with Gasteiger partial charge in [-0.15, -0.1) is 0 Å². The average molecular weight is 284 g/mol. The molecule has 1 aromatic heterocycles. The van der Waals surface area contributed by atoms with Crippen molar-refractivity contribution in [3.8, 4) is 16.9 Å². The fraction of sp³-hybridized carbons (Fsp3) is 0.0625. The second-order valence-corrected chi connectivity index (χ2v) is 5.05. The maximum Gasteiger partial charge on any atom is 0.116 e. The molecule has 20 heavy (non-hydrogen) atoms. The van der Waals surface area contributed by atoms with Crippen LogP contribution in [0, 0.1) is 6.92 Å². The Bertz CT molecular complexity index is 762. The first kappa shape index (κ1) is 12.8. The molecule has 100 valence electrons. The molecule has 0 atom stereocenters. The van der Waals surface area contributed by atoms with Gasteiger partial charge in [-0.3, -0.25) is 0 Å². The summed E-state index contributed by atoms with van der Waals surface area (Å²) in [5.74, 6) is 0. The average Bonchev–Trinajstić information content (AvgIpc) is 2.81. The summed E-state index contributed by atoms with van der Waals surface area (Å²) in [6.07, 6.45) is 1.79. The van der Waals surface area contributed by atoms with Crippen molar-refractivity contribution in [3.63, 3.8) is 0 Å². The number of nitrogen functional groups attached to an aromatic ring is 1.